The number of aromatic nitrogens is 1. The molecular formula is C24H29F2N5O5S. The van der Waals surface area contributed by atoms with E-state index in [0.717, 1.165) is 24.4 Å². The maximum atomic E-state index is 14.4. The zero-order chi connectivity index (χ0) is 26.4. The number of esters is 1. The van der Waals surface area contributed by atoms with Gasteiger partial charge in [-0.15, -0.1) is 0 Å². The monoisotopic (exact) mass is 537 g/mol. The van der Waals surface area contributed by atoms with Gasteiger partial charge in [0.1, 0.15) is 23.6 Å². The molecule has 200 valence electrons. The molecule has 0 bridgehead atoms. The zero-order valence-corrected chi connectivity index (χ0v) is 21.2. The van der Waals surface area contributed by atoms with Gasteiger partial charge in [0.15, 0.2) is 5.56 Å². The van der Waals surface area contributed by atoms with E-state index in [0.29, 0.717) is 44.6 Å². The molecule has 1 atom stereocenters. The molecule has 3 N–H and O–H groups in total. The predicted molar refractivity (Wildman–Crippen MR) is 132 cm³/mol. The molecule has 0 spiro atoms. The van der Waals surface area contributed by atoms with Gasteiger partial charge in [-0.1, -0.05) is 0 Å². The Hall–Kier alpha value is -3.32. The van der Waals surface area contributed by atoms with E-state index in [1.807, 2.05) is 4.90 Å². The molecule has 1 aromatic heterocycles. The molecular weight excluding hydrogens is 508 g/mol. The molecule has 1 saturated heterocycles. The van der Waals surface area contributed by atoms with Crippen molar-refractivity contribution in [2.45, 2.75) is 44.5 Å². The lowest BCUT2D eigenvalue weighted by atomic mass is 10.1. The number of benzene rings is 1. The number of hydrogen-bond acceptors (Lipinski definition) is 8. The van der Waals surface area contributed by atoms with Crippen LogP contribution in [0.1, 0.15) is 52.0 Å². The average Bonchev–Trinajstić information content (AvgIpc) is 3.46. The second-order valence-electron chi connectivity index (χ2n) is 8.95. The van der Waals surface area contributed by atoms with Crippen molar-refractivity contribution in [3.8, 4) is 5.88 Å². The summed E-state index contributed by atoms with van der Waals surface area (Å²) in [5.41, 5.74) is 0.306. The Balaban J connectivity index is 1.34. The Bertz CT molecular complexity index is 1140. The minimum atomic E-state index is -0.789. The first-order valence-corrected chi connectivity index (χ1v) is 12.8. The molecule has 1 aromatic carbocycles. The first-order chi connectivity index (χ1) is 17.8. The fourth-order valence-corrected chi connectivity index (χ4v) is 4.57. The minimum absolute atomic E-state index is 0.100. The number of nitrogens with zero attached hydrogens (tertiary/aromatic N) is 2. The summed E-state index contributed by atoms with van der Waals surface area (Å²) in [4.78, 5) is 39.0. The smallest absolute Gasteiger partial charge is 0.346 e. The van der Waals surface area contributed by atoms with Crippen LogP contribution in [0.5, 0.6) is 5.88 Å². The minimum Gasteiger partial charge on any atom is -0.471 e. The highest BCUT2D eigenvalue weighted by molar-refractivity contribution is 7.11. The van der Waals surface area contributed by atoms with Gasteiger partial charge in [0.05, 0.1) is 7.11 Å². The summed E-state index contributed by atoms with van der Waals surface area (Å²) in [5.74, 6) is -1.79. The Labute approximate surface area is 216 Å². The third-order valence-electron chi connectivity index (χ3n) is 6.01. The summed E-state index contributed by atoms with van der Waals surface area (Å²) in [5, 5.41) is 8.20. The van der Waals surface area contributed by atoms with Crippen LogP contribution in [0.3, 0.4) is 0 Å². The molecule has 10 nitrogen and oxygen atoms in total. The van der Waals surface area contributed by atoms with Crippen LogP contribution in [0, 0.1) is 5.82 Å². The Morgan fingerprint density at radius 2 is 2.05 bits per heavy atom. The molecule has 2 aliphatic rings. The lowest BCUT2D eigenvalue weighted by Crippen LogP contribution is -2.32. The third-order valence-corrected chi connectivity index (χ3v) is 6.76. The van der Waals surface area contributed by atoms with Crippen LogP contribution in [-0.4, -0.2) is 72.7 Å². The number of carbonyl (C=O) groups excluding carboxylic acids is 3. The van der Waals surface area contributed by atoms with Crippen LogP contribution in [0.2, 0.25) is 0 Å². The SMILES string of the molecule is COC(=O)c1c(OCc2cc(C(=O)NC3CC3)ccc2F)nsc1NC(=O)NCCCN1CC[C@H](F)C1. The molecule has 3 amide bonds. The number of ether oxygens (including phenoxy) is 2. The van der Waals surface area contributed by atoms with Crippen molar-refractivity contribution in [2.75, 3.05) is 38.6 Å². The van der Waals surface area contributed by atoms with E-state index in [9.17, 15) is 23.2 Å². The van der Waals surface area contributed by atoms with E-state index in [2.05, 4.69) is 20.3 Å². The average molecular weight is 538 g/mol. The summed E-state index contributed by atoms with van der Waals surface area (Å²) in [6.07, 6.45) is 2.24. The number of halogens is 2. The summed E-state index contributed by atoms with van der Waals surface area (Å²) >= 11 is 0.814. The molecule has 1 saturated carbocycles. The Morgan fingerprint density at radius 3 is 2.76 bits per heavy atom. The number of urea groups is 1. The zero-order valence-electron chi connectivity index (χ0n) is 20.4. The van der Waals surface area contributed by atoms with Crippen molar-refractivity contribution in [3.63, 3.8) is 0 Å². The van der Waals surface area contributed by atoms with Gasteiger partial charge in [0, 0.05) is 36.8 Å². The third kappa shape index (κ3) is 7.35. The van der Waals surface area contributed by atoms with Gasteiger partial charge in [-0.25, -0.2) is 18.4 Å². The second-order valence-corrected chi connectivity index (χ2v) is 9.72. The summed E-state index contributed by atoms with van der Waals surface area (Å²) < 4.78 is 42.1. The van der Waals surface area contributed by atoms with Crippen LogP contribution in [0.4, 0.5) is 18.6 Å². The molecule has 13 heteroatoms. The number of alkyl halides is 1. The maximum Gasteiger partial charge on any atom is 0.346 e. The number of methoxy groups -OCH3 is 1. The Morgan fingerprint density at radius 1 is 1.24 bits per heavy atom. The topological polar surface area (TPSA) is 122 Å². The number of likely N-dealkylation sites (tertiary alicyclic amines) is 1. The quantitative estimate of drug-likeness (QED) is 0.297. The van der Waals surface area contributed by atoms with E-state index < -0.39 is 24.0 Å². The molecule has 1 aliphatic carbocycles. The fraction of sp³-hybridized carbons (Fsp3) is 0.500. The van der Waals surface area contributed by atoms with Crippen LogP contribution >= 0.6 is 11.5 Å². The molecule has 0 unspecified atom stereocenters. The fourth-order valence-electron chi connectivity index (χ4n) is 3.85. The predicted octanol–water partition coefficient (Wildman–Crippen LogP) is 3.10. The summed E-state index contributed by atoms with van der Waals surface area (Å²) in [7, 11) is 1.18. The van der Waals surface area contributed by atoms with Gasteiger partial charge in [-0.05, 0) is 62.0 Å². The van der Waals surface area contributed by atoms with Gasteiger partial charge in [0.2, 0.25) is 5.88 Å². The molecule has 2 aromatic rings. The number of amides is 3. The van der Waals surface area contributed by atoms with Gasteiger partial charge < -0.3 is 25.0 Å². The Kier molecular flexibility index (Phi) is 8.87. The maximum absolute atomic E-state index is 14.4. The van der Waals surface area contributed by atoms with Gasteiger partial charge in [-0.2, -0.15) is 4.37 Å². The lowest BCUT2D eigenvalue weighted by molar-refractivity contribution is 0.0596. The molecule has 2 heterocycles. The highest BCUT2D eigenvalue weighted by Crippen LogP contribution is 2.32. The first-order valence-electron chi connectivity index (χ1n) is 12.1. The van der Waals surface area contributed by atoms with Crippen LogP contribution in [-0.2, 0) is 11.3 Å². The number of anilines is 1. The second kappa shape index (κ2) is 12.3. The van der Waals surface area contributed by atoms with E-state index in [1.54, 1.807) is 0 Å². The normalized spacial score (nSPS) is 17.3. The molecule has 37 heavy (non-hydrogen) atoms. The highest BCUT2D eigenvalue weighted by atomic mass is 32.1. The van der Waals surface area contributed by atoms with Gasteiger partial charge in [0.25, 0.3) is 5.91 Å². The summed E-state index contributed by atoms with van der Waals surface area (Å²) in [6, 6.07) is 3.57. The summed E-state index contributed by atoms with van der Waals surface area (Å²) in [6.45, 7) is 1.86. The van der Waals surface area contributed by atoms with Crippen molar-refractivity contribution < 1.29 is 32.6 Å². The highest BCUT2D eigenvalue weighted by Gasteiger charge is 2.26. The molecule has 0 radical (unpaired) electrons. The number of hydrogen-bond donors (Lipinski definition) is 3. The largest absolute Gasteiger partial charge is 0.471 e. The van der Waals surface area contributed by atoms with E-state index in [-0.39, 0.29) is 40.6 Å². The first kappa shape index (κ1) is 26.7. The van der Waals surface area contributed by atoms with E-state index in [1.165, 1.54) is 25.3 Å². The van der Waals surface area contributed by atoms with Gasteiger partial charge >= 0.3 is 12.0 Å². The van der Waals surface area contributed by atoms with Crippen LogP contribution in [0.25, 0.3) is 0 Å². The van der Waals surface area contributed by atoms with Crippen LogP contribution < -0.4 is 20.7 Å². The molecule has 1 aliphatic heterocycles. The van der Waals surface area contributed by atoms with Crippen molar-refractivity contribution in [1.29, 1.82) is 0 Å². The lowest BCUT2D eigenvalue weighted by Gasteiger charge is -2.14. The van der Waals surface area contributed by atoms with E-state index >= 15 is 0 Å². The molecule has 4 rings (SSSR count). The van der Waals surface area contributed by atoms with Gasteiger partial charge in [-0.3, -0.25) is 10.1 Å². The van der Waals surface area contributed by atoms with E-state index in [4.69, 9.17) is 9.47 Å². The number of nitrogens with one attached hydrogen (secondary N) is 3. The molecule has 2 fully saturated rings. The van der Waals surface area contributed by atoms with Crippen molar-refractivity contribution in [1.82, 2.24) is 19.9 Å². The van der Waals surface area contributed by atoms with Crippen molar-refractivity contribution in [3.05, 3.63) is 40.7 Å². The number of carbonyl (C=O) groups is 3. The van der Waals surface area contributed by atoms with Crippen LogP contribution in [0.15, 0.2) is 18.2 Å². The number of rotatable bonds is 11. The van der Waals surface area contributed by atoms with Crippen molar-refractivity contribution in [2.24, 2.45) is 0 Å². The standard InChI is InChI=1S/C24H29F2N5O5S/c1-35-23(33)19-21(36-13-15-11-14(3-6-18(15)26)20(32)28-17-4-5-17)30-37-22(19)29-24(34)27-8-2-9-31-10-7-16(25)12-31/h3,6,11,16-17H,2,4-5,7-10,12-13H2,1H3,(H,28,32)(H2,27,29,34)/t16-/m0/s1. The van der Waals surface area contributed by atoms with Crippen molar-refractivity contribution >= 4 is 34.4 Å².